The summed E-state index contributed by atoms with van der Waals surface area (Å²) in [6.07, 6.45) is 0.126. The molecule has 1 saturated heterocycles. The summed E-state index contributed by atoms with van der Waals surface area (Å²) in [6.45, 7) is 1.47. The number of carbonyl (C=O) groups is 1. The van der Waals surface area contributed by atoms with Gasteiger partial charge in [-0.05, 0) is 61.2 Å². The van der Waals surface area contributed by atoms with Crippen LogP contribution in [0, 0.1) is 5.82 Å². The molecular weight excluding hydrogens is 578 g/mol. The summed E-state index contributed by atoms with van der Waals surface area (Å²) in [5, 5.41) is 28.5. The third-order valence-corrected chi connectivity index (χ3v) is 6.94. The number of carboxylic acids is 1. The van der Waals surface area contributed by atoms with Crippen LogP contribution in [0.2, 0.25) is 0 Å². The van der Waals surface area contributed by atoms with Crippen molar-refractivity contribution in [1.82, 2.24) is 4.90 Å². The molecule has 0 saturated carbocycles. The van der Waals surface area contributed by atoms with E-state index < -0.39 is 18.0 Å². The van der Waals surface area contributed by atoms with Crippen molar-refractivity contribution in [2.45, 2.75) is 31.6 Å². The second kappa shape index (κ2) is 14.5. The Labute approximate surface area is 254 Å². The number of hydrogen-bond acceptors (Lipinski definition) is 7. The molecule has 1 heterocycles. The van der Waals surface area contributed by atoms with Crippen LogP contribution in [0.4, 0.5) is 15.8 Å². The minimum absolute atomic E-state index is 0. The summed E-state index contributed by atoms with van der Waals surface area (Å²) in [5.74, 6) is -2.16. The molecule has 4 aromatic rings. The van der Waals surface area contributed by atoms with Crippen LogP contribution in [-0.2, 0) is 27.8 Å². The van der Waals surface area contributed by atoms with Gasteiger partial charge in [0.1, 0.15) is 5.82 Å². The maximum atomic E-state index is 13.5. The number of carbonyl (C=O) groups excluding carboxylic acids is 1. The van der Waals surface area contributed by atoms with Gasteiger partial charge in [-0.3, -0.25) is 14.9 Å². The minimum Gasteiger partial charge on any atom is -0.861 e. The standard InChI is InChI=1S/C33H31FN4O3.Ni/c34-25-17-19-26(20-18-25)35-31(33(40)41)37-30(24-12-5-2-6-13-24)27-14-7-8-15-28(27)36-32(39)29-16-9-21-38(29)22-23-10-3-1-4-11-23;/h1-8,10-15,17-20,29,31,35H,9,16,21-22H2,(H,36,39)(H,40,41);/q;+2/p-2/b37-30+;/t29-,31+;/m0./s1. The topological polar surface area (TPSA) is 103 Å². The number of hydrogen-bond donors (Lipinski definition) is 1. The average Bonchev–Trinajstić information content (AvgIpc) is 3.46. The summed E-state index contributed by atoms with van der Waals surface area (Å²) in [7, 11) is 0. The van der Waals surface area contributed by atoms with Crippen molar-refractivity contribution in [2.75, 3.05) is 11.9 Å². The first kappa shape index (κ1) is 30.6. The zero-order valence-corrected chi connectivity index (χ0v) is 23.6. The smallest absolute Gasteiger partial charge is 0.861 e. The van der Waals surface area contributed by atoms with Crippen molar-refractivity contribution in [3.63, 3.8) is 0 Å². The Morgan fingerprint density at radius 1 is 0.905 bits per heavy atom. The van der Waals surface area contributed by atoms with Crippen molar-refractivity contribution in [1.29, 1.82) is 0 Å². The Hall–Kier alpha value is -4.33. The largest absolute Gasteiger partial charge is 2.00 e. The first-order valence-electron chi connectivity index (χ1n) is 13.5. The third-order valence-electron chi connectivity index (χ3n) is 6.94. The Balaban J connectivity index is 0.00000405. The van der Waals surface area contributed by atoms with Crippen molar-refractivity contribution in [2.24, 2.45) is 9.98 Å². The summed E-state index contributed by atoms with van der Waals surface area (Å²) in [5.41, 5.74) is 3.37. The van der Waals surface area contributed by atoms with Gasteiger partial charge in [-0.1, -0.05) is 78.9 Å². The van der Waals surface area contributed by atoms with Crippen LogP contribution in [0.25, 0.3) is 0 Å². The Morgan fingerprint density at radius 2 is 1.55 bits per heavy atom. The molecule has 0 aliphatic carbocycles. The average molecular weight is 607 g/mol. The molecule has 0 bridgehead atoms. The quantitative estimate of drug-likeness (QED) is 0.168. The molecule has 0 spiro atoms. The fraction of sp³-hybridized carbons (Fsp3) is 0.182. The Morgan fingerprint density at radius 3 is 2.24 bits per heavy atom. The Kier molecular flexibility index (Phi) is 10.6. The van der Waals surface area contributed by atoms with E-state index in [9.17, 15) is 19.4 Å². The van der Waals surface area contributed by atoms with Gasteiger partial charge in [-0.15, -0.1) is 0 Å². The molecule has 0 radical (unpaired) electrons. The van der Waals surface area contributed by atoms with Crippen molar-refractivity contribution < 1.29 is 35.9 Å². The van der Waals surface area contributed by atoms with E-state index in [0.29, 0.717) is 41.2 Å². The van der Waals surface area contributed by atoms with Gasteiger partial charge in [0.25, 0.3) is 0 Å². The minimum atomic E-state index is -1.49. The predicted molar refractivity (Wildman–Crippen MR) is 154 cm³/mol. The number of benzene rings is 4. The Bertz CT molecular complexity index is 1530. The number of anilines is 1. The first-order chi connectivity index (χ1) is 20.0. The van der Waals surface area contributed by atoms with Crippen LogP contribution in [0.5, 0.6) is 0 Å². The zero-order chi connectivity index (χ0) is 28.6. The molecule has 4 aromatic carbocycles. The van der Waals surface area contributed by atoms with Crippen LogP contribution in [0.1, 0.15) is 29.5 Å². The molecule has 1 fully saturated rings. The van der Waals surface area contributed by atoms with E-state index in [4.69, 9.17) is 0 Å². The van der Waals surface area contributed by atoms with Crippen LogP contribution < -0.4 is 15.5 Å². The van der Waals surface area contributed by atoms with Gasteiger partial charge < -0.3 is 20.3 Å². The molecule has 0 aromatic heterocycles. The van der Waals surface area contributed by atoms with E-state index in [1.54, 1.807) is 36.4 Å². The third kappa shape index (κ3) is 7.69. The molecule has 7 nitrogen and oxygen atoms in total. The van der Waals surface area contributed by atoms with E-state index in [2.05, 4.69) is 20.2 Å². The van der Waals surface area contributed by atoms with Gasteiger partial charge in [0.15, 0.2) is 6.17 Å². The van der Waals surface area contributed by atoms with Crippen LogP contribution >= 0.6 is 0 Å². The number of rotatable bonds is 10. The number of nitrogens with one attached hydrogen (secondary N) is 1. The van der Waals surface area contributed by atoms with Crippen LogP contribution in [-0.4, -0.2) is 41.2 Å². The van der Waals surface area contributed by atoms with Gasteiger partial charge in [0.05, 0.1) is 17.4 Å². The molecule has 1 N–H and O–H groups in total. The van der Waals surface area contributed by atoms with E-state index in [0.717, 1.165) is 18.5 Å². The first-order valence-corrected chi connectivity index (χ1v) is 13.5. The second-order valence-corrected chi connectivity index (χ2v) is 9.80. The van der Waals surface area contributed by atoms with E-state index >= 15 is 0 Å². The molecule has 2 atom stereocenters. The molecule has 5 rings (SSSR count). The molecule has 42 heavy (non-hydrogen) atoms. The number of para-hydroxylation sites is 1. The van der Waals surface area contributed by atoms with Crippen LogP contribution in [0.3, 0.4) is 0 Å². The molecule has 0 amide bonds. The number of aliphatic imine (C=N–C) groups is 2. The fourth-order valence-electron chi connectivity index (χ4n) is 4.95. The fourth-order valence-corrected chi connectivity index (χ4v) is 4.95. The molecule has 216 valence electrons. The molecule has 1 aliphatic heterocycles. The zero-order valence-electron chi connectivity index (χ0n) is 22.6. The summed E-state index contributed by atoms with van der Waals surface area (Å²) in [4.78, 5) is 23.4. The number of carboxylic acid groups (broad SMARTS) is 1. The monoisotopic (exact) mass is 606 g/mol. The van der Waals surface area contributed by atoms with Gasteiger partial charge in [0, 0.05) is 29.4 Å². The predicted octanol–water partition coefficient (Wildman–Crippen LogP) is 3.90. The van der Waals surface area contributed by atoms with Gasteiger partial charge in [-0.25, -0.2) is 4.39 Å². The number of nitrogens with zero attached hydrogens (tertiary/aromatic N) is 3. The van der Waals surface area contributed by atoms with E-state index in [-0.39, 0.29) is 28.4 Å². The van der Waals surface area contributed by atoms with Crippen molar-refractivity contribution in [3.05, 3.63) is 132 Å². The van der Waals surface area contributed by atoms with E-state index in [1.165, 1.54) is 24.3 Å². The molecular formula is C33H29FN4NiO3. The maximum Gasteiger partial charge on any atom is 2.00 e. The molecule has 0 unspecified atom stereocenters. The number of halogens is 1. The van der Waals surface area contributed by atoms with Gasteiger partial charge in [0.2, 0.25) is 0 Å². The van der Waals surface area contributed by atoms with Crippen molar-refractivity contribution in [3.8, 4) is 0 Å². The van der Waals surface area contributed by atoms with Gasteiger partial charge >= 0.3 is 16.5 Å². The van der Waals surface area contributed by atoms with Crippen molar-refractivity contribution >= 4 is 29.0 Å². The van der Waals surface area contributed by atoms with E-state index in [1.807, 2.05) is 48.5 Å². The number of likely N-dealkylation sites (tertiary alicyclic amines) is 1. The maximum absolute atomic E-state index is 13.5. The van der Waals surface area contributed by atoms with Crippen LogP contribution in [0.15, 0.2) is 119 Å². The SMILES string of the molecule is O=C([O-])[C@@H](/N=C(\c1ccccc1)c1ccccc1N=C([O-])[C@@H]1CCCN1Cc1ccccc1)Nc1ccc(F)cc1.[Ni+2]. The number of aliphatic carboxylic acids is 1. The molecule has 9 heteroatoms. The molecule has 1 aliphatic rings. The summed E-state index contributed by atoms with van der Waals surface area (Å²) < 4.78 is 13.4. The second-order valence-electron chi connectivity index (χ2n) is 9.80. The van der Waals surface area contributed by atoms with Gasteiger partial charge in [-0.2, -0.15) is 0 Å². The normalized spacial score (nSPS) is 16.5. The summed E-state index contributed by atoms with van der Waals surface area (Å²) >= 11 is 0. The summed E-state index contributed by atoms with van der Waals surface area (Å²) in [6, 6.07) is 31.1.